The smallest absolute Gasteiger partial charge is 0.351 e. The number of benzene rings is 1. The summed E-state index contributed by atoms with van der Waals surface area (Å²) in [7, 11) is 0. The van der Waals surface area contributed by atoms with Gasteiger partial charge in [-0.2, -0.15) is 0 Å². The molecule has 0 aliphatic heterocycles. The topological polar surface area (TPSA) is 67.5 Å². The summed E-state index contributed by atoms with van der Waals surface area (Å²) in [6.45, 7) is 1.50. The lowest BCUT2D eigenvalue weighted by molar-refractivity contribution is 0.104. The van der Waals surface area contributed by atoms with Crippen molar-refractivity contribution in [1.82, 2.24) is 0 Å². The predicted molar refractivity (Wildman–Crippen MR) is 81.2 cm³/mol. The highest BCUT2D eigenvalue weighted by atomic mass is 35.5. The molecular formula is C15H10Cl2O4. The molecule has 1 heterocycles. The Kier molecular flexibility index (Phi) is 4.50. The van der Waals surface area contributed by atoms with Crippen molar-refractivity contribution in [1.29, 1.82) is 0 Å². The first-order valence-corrected chi connectivity index (χ1v) is 6.65. The van der Waals surface area contributed by atoms with Crippen LogP contribution in [0.2, 0.25) is 10.0 Å². The van der Waals surface area contributed by atoms with Crippen LogP contribution in [0.25, 0.3) is 6.08 Å². The third-order valence-electron chi connectivity index (χ3n) is 2.68. The molecule has 1 aromatic carbocycles. The molecule has 1 N–H and O–H groups in total. The monoisotopic (exact) mass is 324 g/mol. The molecule has 1 aromatic heterocycles. The number of rotatable bonds is 3. The number of ketones is 1. The third kappa shape index (κ3) is 3.54. The van der Waals surface area contributed by atoms with Gasteiger partial charge in [-0.05, 0) is 36.8 Å². The Morgan fingerprint density at radius 2 is 2.00 bits per heavy atom. The van der Waals surface area contributed by atoms with Gasteiger partial charge in [0.1, 0.15) is 17.1 Å². The van der Waals surface area contributed by atoms with Crippen LogP contribution in [0, 0.1) is 6.92 Å². The summed E-state index contributed by atoms with van der Waals surface area (Å²) < 4.78 is 4.79. The van der Waals surface area contributed by atoms with Crippen molar-refractivity contribution in [2.75, 3.05) is 0 Å². The van der Waals surface area contributed by atoms with Crippen LogP contribution in [-0.4, -0.2) is 10.9 Å². The van der Waals surface area contributed by atoms with Gasteiger partial charge < -0.3 is 9.52 Å². The largest absolute Gasteiger partial charge is 0.507 e. The standard InChI is InChI=1S/C15H10Cl2O4/c1-8-6-13(19)14(15(20)21-8)12(18)5-3-9-2-4-10(16)7-11(9)17/h2-7,19H,1H3/b5-3+. The van der Waals surface area contributed by atoms with Gasteiger partial charge >= 0.3 is 5.63 Å². The van der Waals surface area contributed by atoms with Gasteiger partial charge in [-0.3, -0.25) is 4.79 Å². The number of carbonyl (C=O) groups excluding carboxylic acids is 1. The van der Waals surface area contributed by atoms with E-state index in [1.54, 1.807) is 12.1 Å². The molecule has 2 aromatic rings. The second-order valence-electron chi connectivity index (χ2n) is 4.27. The van der Waals surface area contributed by atoms with Gasteiger partial charge in [0, 0.05) is 16.1 Å². The molecular weight excluding hydrogens is 315 g/mol. The lowest BCUT2D eigenvalue weighted by atomic mass is 10.1. The van der Waals surface area contributed by atoms with Crippen molar-refractivity contribution in [2.45, 2.75) is 6.92 Å². The number of hydrogen-bond donors (Lipinski definition) is 1. The molecule has 0 spiro atoms. The average Bonchev–Trinajstić information content (AvgIpc) is 2.36. The van der Waals surface area contributed by atoms with Crippen LogP contribution in [-0.2, 0) is 0 Å². The van der Waals surface area contributed by atoms with Crippen LogP contribution in [0.3, 0.4) is 0 Å². The van der Waals surface area contributed by atoms with E-state index in [1.807, 2.05) is 0 Å². The fourth-order valence-corrected chi connectivity index (χ4v) is 2.18. The molecule has 0 radical (unpaired) electrons. The Bertz CT molecular complexity index is 791. The highest BCUT2D eigenvalue weighted by molar-refractivity contribution is 6.35. The second-order valence-corrected chi connectivity index (χ2v) is 5.11. The lowest BCUT2D eigenvalue weighted by Gasteiger charge is -2.01. The highest BCUT2D eigenvalue weighted by Crippen LogP contribution is 2.22. The summed E-state index contributed by atoms with van der Waals surface area (Å²) in [4.78, 5) is 23.6. The summed E-state index contributed by atoms with van der Waals surface area (Å²) in [6.07, 6.45) is 2.57. The van der Waals surface area contributed by atoms with Crippen LogP contribution in [0.5, 0.6) is 5.75 Å². The number of aryl methyl sites for hydroxylation is 1. The molecule has 0 amide bonds. The Balaban J connectivity index is 2.34. The summed E-state index contributed by atoms with van der Waals surface area (Å²) in [6, 6.07) is 5.99. The zero-order valence-corrected chi connectivity index (χ0v) is 12.4. The Labute approximate surface area is 130 Å². The van der Waals surface area contributed by atoms with Gasteiger partial charge in [0.25, 0.3) is 0 Å². The molecule has 0 bridgehead atoms. The molecule has 4 nitrogen and oxygen atoms in total. The Morgan fingerprint density at radius 1 is 1.29 bits per heavy atom. The van der Waals surface area contributed by atoms with Crippen molar-refractivity contribution < 1.29 is 14.3 Å². The molecule has 0 atom stereocenters. The average molecular weight is 325 g/mol. The van der Waals surface area contributed by atoms with Gasteiger partial charge in [-0.1, -0.05) is 29.3 Å². The summed E-state index contributed by atoms with van der Waals surface area (Å²) in [5.41, 5.74) is -0.739. The summed E-state index contributed by atoms with van der Waals surface area (Å²) in [5.74, 6) is -0.869. The van der Waals surface area contributed by atoms with Crippen molar-refractivity contribution in [3.05, 3.63) is 67.7 Å². The minimum Gasteiger partial charge on any atom is -0.507 e. The first kappa shape index (κ1) is 15.4. The van der Waals surface area contributed by atoms with Gasteiger partial charge in [0.15, 0.2) is 5.78 Å². The molecule has 0 aliphatic rings. The van der Waals surface area contributed by atoms with Crippen LogP contribution in [0.1, 0.15) is 21.7 Å². The van der Waals surface area contributed by atoms with E-state index in [-0.39, 0.29) is 5.76 Å². The zero-order valence-electron chi connectivity index (χ0n) is 10.9. The fraction of sp³-hybridized carbons (Fsp3) is 0.0667. The molecule has 0 unspecified atom stereocenters. The summed E-state index contributed by atoms with van der Waals surface area (Å²) >= 11 is 11.7. The van der Waals surface area contributed by atoms with E-state index in [1.165, 1.54) is 25.1 Å². The van der Waals surface area contributed by atoms with Crippen molar-refractivity contribution in [3.8, 4) is 5.75 Å². The van der Waals surface area contributed by atoms with Crippen LogP contribution in [0.4, 0.5) is 0 Å². The molecule has 0 saturated carbocycles. The SMILES string of the molecule is Cc1cc(O)c(C(=O)/C=C/c2ccc(Cl)cc2Cl)c(=O)o1. The van der Waals surface area contributed by atoms with Crippen molar-refractivity contribution in [2.24, 2.45) is 0 Å². The van der Waals surface area contributed by atoms with Crippen LogP contribution >= 0.6 is 23.2 Å². The van der Waals surface area contributed by atoms with Gasteiger partial charge in [-0.15, -0.1) is 0 Å². The lowest BCUT2D eigenvalue weighted by Crippen LogP contribution is -2.12. The Hall–Kier alpha value is -2.04. The van der Waals surface area contributed by atoms with Crippen LogP contribution in [0.15, 0.2) is 39.6 Å². The highest BCUT2D eigenvalue weighted by Gasteiger charge is 2.15. The molecule has 0 aliphatic carbocycles. The van der Waals surface area contributed by atoms with Gasteiger partial charge in [-0.25, -0.2) is 4.79 Å². The normalized spacial score (nSPS) is 11.0. The third-order valence-corrected chi connectivity index (χ3v) is 3.24. The molecule has 108 valence electrons. The van der Waals surface area contributed by atoms with Gasteiger partial charge in [0.05, 0.1) is 0 Å². The first-order valence-electron chi connectivity index (χ1n) is 5.89. The quantitative estimate of drug-likeness (QED) is 0.687. The van der Waals surface area contributed by atoms with E-state index in [9.17, 15) is 14.7 Å². The maximum Gasteiger partial charge on any atom is 0.351 e. The van der Waals surface area contributed by atoms with Crippen LogP contribution < -0.4 is 5.63 Å². The maximum absolute atomic E-state index is 12.0. The zero-order chi connectivity index (χ0) is 15.6. The number of aromatic hydroxyl groups is 1. The van der Waals surface area contributed by atoms with E-state index in [2.05, 4.69) is 0 Å². The van der Waals surface area contributed by atoms with E-state index in [0.717, 1.165) is 6.08 Å². The van der Waals surface area contributed by atoms with E-state index in [0.29, 0.717) is 15.6 Å². The number of hydrogen-bond acceptors (Lipinski definition) is 4. The molecule has 0 saturated heterocycles. The number of allylic oxidation sites excluding steroid dienone is 1. The minimum atomic E-state index is -0.885. The van der Waals surface area contributed by atoms with Crippen molar-refractivity contribution in [3.63, 3.8) is 0 Å². The molecule has 0 fully saturated rings. The second kappa shape index (κ2) is 6.16. The van der Waals surface area contributed by atoms with Crippen molar-refractivity contribution >= 4 is 35.1 Å². The molecule has 21 heavy (non-hydrogen) atoms. The number of carbonyl (C=O) groups is 1. The number of halogens is 2. The Morgan fingerprint density at radius 3 is 2.62 bits per heavy atom. The fourth-order valence-electron chi connectivity index (χ4n) is 1.71. The van der Waals surface area contributed by atoms with E-state index < -0.39 is 22.7 Å². The summed E-state index contributed by atoms with van der Waals surface area (Å²) in [5, 5.41) is 10.5. The maximum atomic E-state index is 12.0. The minimum absolute atomic E-state index is 0.221. The molecule has 2 rings (SSSR count). The molecule has 6 heteroatoms. The predicted octanol–water partition coefficient (Wildman–Crippen LogP) is 3.86. The van der Waals surface area contributed by atoms with E-state index in [4.69, 9.17) is 27.6 Å². The first-order chi connectivity index (χ1) is 9.88. The van der Waals surface area contributed by atoms with Gasteiger partial charge in [0.2, 0.25) is 0 Å². The van der Waals surface area contributed by atoms with E-state index >= 15 is 0 Å².